The number of hydrogen-bond donors (Lipinski definition) is 1. The van der Waals surface area contributed by atoms with E-state index in [1.54, 1.807) is 17.0 Å². The number of nitrogens with zero attached hydrogens (tertiary/aromatic N) is 2. The zero-order valence-corrected chi connectivity index (χ0v) is 17.8. The lowest BCUT2D eigenvalue weighted by atomic mass is 9.91. The average molecular weight is 420 g/mol. The third-order valence-electron chi connectivity index (χ3n) is 5.24. The van der Waals surface area contributed by atoms with E-state index in [1.165, 1.54) is 32.3 Å². The van der Waals surface area contributed by atoms with E-state index in [4.69, 9.17) is 0 Å². The zero-order valence-electron chi connectivity index (χ0n) is 17.0. The van der Waals surface area contributed by atoms with Gasteiger partial charge in [-0.05, 0) is 61.2 Å². The first-order chi connectivity index (χ1) is 13.6. The van der Waals surface area contributed by atoms with E-state index >= 15 is 0 Å². The number of fused-ring (bicyclic) bond motifs is 1. The number of anilines is 1. The van der Waals surface area contributed by atoms with Gasteiger partial charge in [0.25, 0.3) is 16.1 Å². The summed E-state index contributed by atoms with van der Waals surface area (Å²) in [7, 11) is -0.862. The summed E-state index contributed by atoms with van der Waals surface area (Å²) in [6, 6.07) is 10.6. The van der Waals surface area contributed by atoms with E-state index in [0.717, 1.165) is 16.3 Å². The van der Waals surface area contributed by atoms with Crippen LogP contribution in [0.5, 0.6) is 0 Å². The Balaban J connectivity index is 2.01. The molecule has 3 rings (SSSR count). The van der Waals surface area contributed by atoms with Crippen molar-refractivity contribution in [1.29, 1.82) is 0 Å². The molecule has 1 aliphatic heterocycles. The second-order valence-electron chi connectivity index (χ2n) is 7.47. The van der Waals surface area contributed by atoms with Crippen molar-refractivity contribution < 1.29 is 17.6 Å². The second-order valence-corrected chi connectivity index (χ2v) is 9.39. The number of aryl methyl sites for hydroxylation is 1. The van der Waals surface area contributed by atoms with Crippen LogP contribution in [0.15, 0.2) is 42.5 Å². The Kier molecular flexibility index (Phi) is 6.07. The number of amides is 1. The predicted molar refractivity (Wildman–Crippen MR) is 112 cm³/mol. The van der Waals surface area contributed by atoms with Crippen LogP contribution in [0.4, 0.5) is 10.1 Å². The van der Waals surface area contributed by atoms with Gasteiger partial charge in [-0.2, -0.15) is 17.4 Å². The summed E-state index contributed by atoms with van der Waals surface area (Å²) in [5.41, 5.74) is 2.64. The summed E-state index contributed by atoms with van der Waals surface area (Å²) < 4.78 is 42.4. The number of halogens is 1. The summed E-state index contributed by atoms with van der Waals surface area (Å²) >= 11 is 0. The highest BCUT2D eigenvalue weighted by atomic mass is 32.2. The summed E-state index contributed by atoms with van der Waals surface area (Å²) in [5.74, 6) is -0.672. The Morgan fingerprint density at radius 1 is 1.21 bits per heavy atom. The van der Waals surface area contributed by atoms with Gasteiger partial charge >= 0.3 is 0 Å². The molecule has 2 aromatic carbocycles. The van der Waals surface area contributed by atoms with Crippen LogP contribution >= 0.6 is 0 Å². The molecule has 0 saturated carbocycles. The fraction of sp³-hybridized carbons (Fsp3) is 0.381. The third-order valence-corrected chi connectivity index (χ3v) is 6.79. The zero-order chi connectivity index (χ0) is 21.3. The molecule has 1 aliphatic rings. The number of carbonyl (C=O) groups excluding carboxylic acids is 1. The van der Waals surface area contributed by atoms with Gasteiger partial charge in [-0.3, -0.25) is 4.79 Å². The van der Waals surface area contributed by atoms with Crippen LogP contribution in [0.25, 0.3) is 0 Å². The molecule has 0 unspecified atom stereocenters. The summed E-state index contributed by atoms with van der Waals surface area (Å²) in [5, 5.41) is 0. The normalized spacial score (nSPS) is 19.3. The lowest BCUT2D eigenvalue weighted by Gasteiger charge is -2.39. The first kappa shape index (κ1) is 21.4. The fourth-order valence-electron chi connectivity index (χ4n) is 3.56. The van der Waals surface area contributed by atoms with Gasteiger partial charge in [-0.25, -0.2) is 4.39 Å². The summed E-state index contributed by atoms with van der Waals surface area (Å²) in [6.07, 6.45) is 1.21. The Hall–Kier alpha value is -2.29. The molecule has 1 N–H and O–H groups in total. The molecule has 1 amide bonds. The molecule has 2 aromatic rings. The molecule has 2 atom stereocenters. The van der Waals surface area contributed by atoms with E-state index in [1.807, 2.05) is 26.0 Å². The highest BCUT2D eigenvalue weighted by Gasteiger charge is 2.36. The van der Waals surface area contributed by atoms with E-state index in [9.17, 15) is 17.6 Å². The SMILES string of the molecule is CCc1ccc(C(=O)N2c3ccc(F)cc3[C@@H](NS(=O)(=O)N(C)C)C[C@H]2C)cc1. The van der Waals surface area contributed by atoms with Gasteiger partial charge in [-0.15, -0.1) is 0 Å². The molecule has 0 aromatic heterocycles. The minimum atomic E-state index is -3.72. The van der Waals surface area contributed by atoms with Crippen LogP contribution in [0.2, 0.25) is 0 Å². The van der Waals surface area contributed by atoms with Gasteiger partial charge < -0.3 is 4.90 Å². The molecular weight excluding hydrogens is 393 g/mol. The van der Waals surface area contributed by atoms with Crippen molar-refractivity contribution in [3.63, 3.8) is 0 Å². The number of carbonyl (C=O) groups is 1. The van der Waals surface area contributed by atoms with Crippen molar-refractivity contribution in [2.24, 2.45) is 0 Å². The van der Waals surface area contributed by atoms with E-state index in [0.29, 0.717) is 23.2 Å². The van der Waals surface area contributed by atoms with E-state index in [2.05, 4.69) is 4.72 Å². The lowest BCUT2D eigenvalue weighted by Crippen LogP contribution is -2.48. The first-order valence-corrected chi connectivity index (χ1v) is 11.0. The average Bonchev–Trinajstić information content (AvgIpc) is 2.68. The van der Waals surface area contributed by atoms with Crippen molar-refractivity contribution in [1.82, 2.24) is 9.03 Å². The predicted octanol–water partition coefficient (Wildman–Crippen LogP) is 3.26. The van der Waals surface area contributed by atoms with Gasteiger partial charge in [-0.1, -0.05) is 19.1 Å². The molecule has 0 saturated heterocycles. The van der Waals surface area contributed by atoms with Gasteiger partial charge in [0.1, 0.15) is 5.82 Å². The molecular formula is C21H26FN3O3S. The molecule has 0 fully saturated rings. The van der Waals surface area contributed by atoms with Crippen LogP contribution in [-0.4, -0.2) is 38.8 Å². The third kappa shape index (κ3) is 4.34. The molecule has 6 nitrogen and oxygen atoms in total. The molecule has 156 valence electrons. The van der Waals surface area contributed by atoms with Gasteiger partial charge in [0.15, 0.2) is 0 Å². The summed E-state index contributed by atoms with van der Waals surface area (Å²) in [4.78, 5) is 14.9. The smallest absolute Gasteiger partial charge is 0.279 e. The van der Waals surface area contributed by atoms with Crippen LogP contribution in [0.3, 0.4) is 0 Å². The minimum Gasteiger partial charge on any atom is -0.305 e. The number of benzene rings is 2. The van der Waals surface area contributed by atoms with Gasteiger partial charge in [0.05, 0.1) is 6.04 Å². The number of nitrogens with one attached hydrogen (secondary N) is 1. The van der Waals surface area contributed by atoms with Gasteiger partial charge in [0.2, 0.25) is 0 Å². The van der Waals surface area contributed by atoms with Crippen molar-refractivity contribution in [3.8, 4) is 0 Å². The molecule has 0 bridgehead atoms. The quantitative estimate of drug-likeness (QED) is 0.809. The number of hydrogen-bond acceptors (Lipinski definition) is 3. The molecule has 29 heavy (non-hydrogen) atoms. The van der Waals surface area contributed by atoms with Crippen molar-refractivity contribution in [2.45, 2.75) is 38.8 Å². The van der Waals surface area contributed by atoms with Gasteiger partial charge in [0, 0.05) is 31.4 Å². The molecule has 0 aliphatic carbocycles. The first-order valence-electron chi connectivity index (χ1n) is 9.55. The lowest BCUT2D eigenvalue weighted by molar-refractivity contribution is 0.0973. The molecule has 1 heterocycles. The monoisotopic (exact) mass is 419 g/mol. The maximum atomic E-state index is 14.0. The standard InChI is InChI=1S/C21H26FN3O3S/c1-5-15-6-8-16(9-7-15)21(26)25-14(2)12-19(23-29(27,28)24(3)4)18-13-17(22)10-11-20(18)25/h6-11,13-14,19,23H,5,12H2,1-4H3/t14-,19+/m1/s1. The number of rotatable bonds is 5. The highest BCUT2D eigenvalue weighted by molar-refractivity contribution is 7.87. The van der Waals surface area contributed by atoms with E-state index < -0.39 is 22.1 Å². The maximum Gasteiger partial charge on any atom is 0.279 e. The van der Waals surface area contributed by atoms with Crippen molar-refractivity contribution in [2.75, 3.05) is 19.0 Å². The van der Waals surface area contributed by atoms with Crippen molar-refractivity contribution >= 4 is 21.8 Å². The Bertz CT molecular complexity index is 1010. The molecule has 8 heteroatoms. The topological polar surface area (TPSA) is 69.7 Å². The molecule has 0 radical (unpaired) electrons. The van der Waals surface area contributed by atoms with Crippen LogP contribution in [0, 0.1) is 5.82 Å². The van der Waals surface area contributed by atoms with E-state index in [-0.39, 0.29) is 11.9 Å². The molecule has 0 spiro atoms. The largest absolute Gasteiger partial charge is 0.305 e. The Morgan fingerprint density at radius 2 is 1.86 bits per heavy atom. The minimum absolute atomic E-state index is 0.193. The summed E-state index contributed by atoms with van der Waals surface area (Å²) in [6.45, 7) is 3.91. The van der Waals surface area contributed by atoms with Crippen LogP contribution in [-0.2, 0) is 16.6 Å². The van der Waals surface area contributed by atoms with Crippen LogP contribution < -0.4 is 9.62 Å². The fourth-order valence-corrected chi connectivity index (χ4v) is 4.36. The maximum absolute atomic E-state index is 14.0. The highest BCUT2D eigenvalue weighted by Crippen LogP contribution is 2.38. The second kappa shape index (κ2) is 8.22. The Labute approximate surface area is 171 Å². The van der Waals surface area contributed by atoms with Crippen molar-refractivity contribution in [3.05, 3.63) is 65.0 Å². The Morgan fingerprint density at radius 3 is 2.45 bits per heavy atom. The van der Waals surface area contributed by atoms with Crippen LogP contribution in [0.1, 0.15) is 47.8 Å².